The topological polar surface area (TPSA) is 9.23 Å². The van der Waals surface area contributed by atoms with Crippen LogP contribution in [0.5, 0.6) is 0 Å². The fraction of sp³-hybridized carbons (Fsp3) is 0.167. The SMILES string of the molecule is C#CC1=CC(=S)OC1. The molecule has 0 saturated carbocycles. The summed E-state index contributed by atoms with van der Waals surface area (Å²) in [6.45, 7) is 0.481. The van der Waals surface area contributed by atoms with Crippen LogP contribution in [-0.4, -0.2) is 11.7 Å². The Morgan fingerprint density at radius 3 is 2.88 bits per heavy atom. The monoisotopic (exact) mass is 124 g/mol. The molecule has 0 aromatic heterocycles. The third-order valence-corrected chi connectivity index (χ3v) is 1.08. The van der Waals surface area contributed by atoms with Gasteiger partial charge < -0.3 is 4.74 Å². The number of thiocarbonyl (C=S) groups is 1. The Hall–Kier alpha value is -0.810. The van der Waals surface area contributed by atoms with E-state index in [2.05, 4.69) is 18.1 Å². The second-order valence-electron chi connectivity index (χ2n) is 1.42. The Kier molecular flexibility index (Phi) is 1.32. The first kappa shape index (κ1) is 5.33. The van der Waals surface area contributed by atoms with Gasteiger partial charge in [0.1, 0.15) is 6.61 Å². The lowest BCUT2D eigenvalue weighted by atomic mass is 10.3. The summed E-state index contributed by atoms with van der Waals surface area (Å²) in [5.74, 6) is 2.44. The van der Waals surface area contributed by atoms with Gasteiger partial charge in [-0.3, -0.25) is 0 Å². The fourth-order valence-corrected chi connectivity index (χ4v) is 0.659. The van der Waals surface area contributed by atoms with E-state index < -0.39 is 0 Å². The summed E-state index contributed by atoms with van der Waals surface area (Å²) in [5.41, 5.74) is 0.829. The molecular formula is C6H4OS. The minimum absolute atomic E-state index is 0.481. The molecule has 40 valence electrons. The first-order valence-corrected chi connectivity index (χ1v) is 2.57. The van der Waals surface area contributed by atoms with Crippen molar-refractivity contribution in [2.45, 2.75) is 0 Å². The number of hydrogen-bond donors (Lipinski definition) is 0. The quantitative estimate of drug-likeness (QED) is 0.350. The van der Waals surface area contributed by atoms with Crippen molar-refractivity contribution < 1.29 is 4.74 Å². The van der Waals surface area contributed by atoms with Crippen LogP contribution in [0.3, 0.4) is 0 Å². The Morgan fingerprint density at radius 1 is 1.88 bits per heavy atom. The largest absolute Gasteiger partial charge is 0.478 e. The molecule has 0 bridgehead atoms. The highest BCUT2D eigenvalue weighted by molar-refractivity contribution is 7.80. The highest BCUT2D eigenvalue weighted by Gasteiger charge is 2.05. The van der Waals surface area contributed by atoms with Crippen LogP contribution in [0.15, 0.2) is 11.6 Å². The molecule has 1 heterocycles. The lowest BCUT2D eigenvalue weighted by Gasteiger charge is -1.87. The van der Waals surface area contributed by atoms with E-state index in [0.29, 0.717) is 11.7 Å². The lowest BCUT2D eigenvalue weighted by Crippen LogP contribution is -1.87. The van der Waals surface area contributed by atoms with Crippen LogP contribution in [0.4, 0.5) is 0 Å². The van der Waals surface area contributed by atoms with E-state index in [9.17, 15) is 0 Å². The third-order valence-electron chi connectivity index (χ3n) is 0.847. The Labute approximate surface area is 53.3 Å². The minimum Gasteiger partial charge on any atom is -0.478 e. The van der Waals surface area contributed by atoms with Gasteiger partial charge in [-0.15, -0.1) is 6.42 Å². The second-order valence-corrected chi connectivity index (χ2v) is 1.82. The van der Waals surface area contributed by atoms with Gasteiger partial charge in [-0.05, 0) is 12.2 Å². The molecule has 0 N–H and O–H groups in total. The van der Waals surface area contributed by atoms with Gasteiger partial charge in [-0.2, -0.15) is 0 Å². The normalized spacial score (nSPS) is 16.9. The fourth-order valence-electron chi connectivity index (χ4n) is 0.458. The maximum Gasteiger partial charge on any atom is 0.185 e. The van der Waals surface area contributed by atoms with Crippen LogP contribution in [-0.2, 0) is 4.74 Å². The minimum atomic E-state index is 0.481. The van der Waals surface area contributed by atoms with Crippen molar-refractivity contribution in [2.24, 2.45) is 0 Å². The van der Waals surface area contributed by atoms with Crippen molar-refractivity contribution >= 4 is 17.3 Å². The summed E-state index contributed by atoms with van der Waals surface area (Å²) in [7, 11) is 0. The van der Waals surface area contributed by atoms with Crippen molar-refractivity contribution in [1.82, 2.24) is 0 Å². The van der Waals surface area contributed by atoms with Crippen LogP contribution >= 0.6 is 12.2 Å². The number of ether oxygens (including phenoxy) is 1. The highest BCUT2D eigenvalue weighted by atomic mass is 32.1. The summed E-state index contributed by atoms with van der Waals surface area (Å²) in [4.78, 5) is 0. The van der Waals surface area contributed by atoms with E-state index in [1.165, 1.54) is 0 Å². The predicted molar refractivity (Wildman–Crippen MR) is 35.5 cm³/mol. The van der Waals surface area contributed by atoms with E-state index in [1.807, 2.05) is 0 Å². The molecule has 0 aromatic carbocycles. The zero-order valence-corrected chi connectivity index (χ0v) is 4.99. The maximum absolute atomic E-state index is 5.04. The van der Waals surface area contributed by atoms with Gasteiger partial charge in [-0.25, -0.2) is 0 Å². The molecule has 0 saturated heterocycles. The van der Waals surface area contributed by atoms with Gasteiger partial charge in [0, 0.05) is 11.6 Å². The average Bonchev–Trinajstić information content (AvgIpc) is 2.14. The standard InChI is InChI=1S/C6H4OS/c1-2-5-3-6(8)7-4-5/h1,3H,4H2. The second kappa shape index (κ2) is 1.97. The Balaban J connectivity index is 2.75. The molecule has 0 amide bonds. The number of terminal acetylenes is 1. The van der Waals surface area contributed by atoms with Crippen LogP contribution in [0, 0.1) is 12.3 Å². The summed E-state index contributed by atoms with van der Waals surface area (Å²) < 4.78 is 4.85. The van der Waals surface area contributed by atoms with Gasteiger partial charge in [0.15, 0.2) is 5.05 Å². The summed E-state index contributed by atoms with van der Waals surface area (Å²) in [6.07, 6.45) is 6.73. The van der Waals surface area contributed by atoms with Gasteiger partial charge >= 0.3 is 0 Å². The Morgan fingerprint density at radius 2 is 2.62 bits per heavy atom. The lowest BCUT2D eigenvalue weighted by molar-refractivity contribution is 0.371. The first-order chi connectivity index (χ1) is 3.83. The summed E-state index contributed by atoms with van der Waals surface area (Å²) >= 11 is 4.67. The van der Waals surface area contributed by atoms with E-state index >= 15 is 0 Å². The molecule has 1 rings (SSSR count). The van der Waals surface area contributed by atoms with Gasteiger partial charge in [0.05, 0.1) is 0 Å². The molecule has 0 fully saturated rings. The van der Waals surface area contributed by atoms with Gasteiger partial charge in [-0.1, -0.05) is 5.92 Å². The van der Waals surface area contributed by atoms with E-state index in [1.54, 1.807) is 6.08 Å². The summed E-state index contributed by atoms with van der Waals surface area (Å²) in [6, 6.07) is 0. The number of rotatable bonds is 0. The molecule has 1 aliphatic heterocycles. The maximum atomic E-state index is 5.04. The van der Waals surface area contributed by atoms with Crippen molar-refractivity contribution in [1.29, 1.82) is 0 Å². The molecule has 0 unspecified atom stereocenters. The van der Waals surface area contributed by atoms with Crippen molar-refractivity contribution in [3.63, 3.8) is 0 Å². The molecule has 0 aromatic rings. The molecule has 1 nitrogen and oxygen atoms in total. The van der Waals surface area contributed by atoms with Crippen LogP contribution in [0.25, 0.3) is 0 Å². The molecule has 8 heavy (non-hydrogen) atoms. The molecule has 1 aliphatic rings. The zero-order valence-electron chi connectivity index (χ0n) is 4.18. The van der Waals surface area contributed by atoms with Gasteiger partial charge in [0.25, 0.3) is 0 Å². The van der Waals surface area contributed by atoms with Crippen LogP contribution < -0.4 is 0 Å². The van der Waals surface area contributed by atoms with Crippen LogP contribution in [0.2, 0.25) is 0 Å². The van der Waals surface area contributed by atoms with Crippen LogP contribution in [0.1, 0.15) is 0 Å². The Bertz CT molecular complexity index is 185. The molecule has 0 radical (unpaired) electrons. The molecule has 0 aliphatic carbocycles. The third kappa shape index (κ3) is 0.877. The van der Waals surface area contributed by atoms with E-state index in [-0.39, 0.29) is 0 Å². The molecule has 0 atom stereocenters. The first-order valence-electron chi connectivity index (χ1n) is 2.17. The number of hydrogen-bond acceptors (Lipinski definition) is 2. The van der Waals surface area contributed by atoms with Crippen molar-refractivity contribution in [3.05, 3.63) is 11.6 Å². The summed E-state index contributed by atoms with van der Waals surface area (Å²) in [5, 5.41) is 0.498. The van der Waals surface area contributed by atoms with Gasteiger partial charge in [0.2, 0.25) is 0 Å². The smallest absolute Gasteiger partial charge is 0.185 e. The zero-order chi connectivity index (χ0) is 5.98. The van der Waals surface area contributed by atoms with Crippen molar-refractivity contribution in [2.75, 3.05) is 6.61 Å². The van der Waals surface area contributed by atoms with E-state index in [0.717, 1.165) is 5.57 Å². The molecular weight excluding hydrogens is 120 g/mol. The predicted octanol–water partition coefficient (Wildman–Crippen LogP) is 0.904. The molecule has 0 spiro atoms. The van der Waals surface area contributed by atoms with Crippen molar-refractivity contribution in [3.8, 4) is 12.3 Å². The molecule has 2 heteroatoms. The highest BCUT2D eigenvalue weighted by Crippen LogP contribution is 2.04. The van der Waals surface area contributed by atoms with E-state index in [4.69, 9.17) is 11.2 Å². The average molecular weight is 124 g/mol.